The highest BCUT2D eigenvalue weighted by Gasteiger charge is 2.26. The second kappa shape index (κ2) is 5.27. The van der Waals surface area contributed by atoms with Crippen LogP contribution in [0.4, 0.5) is 0 Å². The zero-order chi connectivity index (χ0) is 12.3. The highest BCUT2D eigenvalue weighted by molar-refractivity contribution is 5.90. The lowest BCUT2D eigenvalue weighted by Gasteiger charge is -2.03. The standard InChI is InChI=1S/C11H18N4O2/c1-7(3-2-6-12)11-14-9(15-17-11)10(16)13-8-4-5-8/h7-8H,2-6,12H2,1H3,(H,13,16). The van der Waals surface area contributed by atoms with E-state index in [-0.39, 0.29) is 17.6 Å². The number of aromatic nitrogens is 2. The van der Waals surface area contributed by atoms with Crippen molar-refractivity contribution in [3.05, 3.63) is 11.7 Å². The topological polar surface area (TPSA) is 94.0 Å². The highest BCUT2D eigenvalue weighted by atomic mass is 16.5. The Morgan fingerprint density at radius 2 is 2.41 bits per heavy atom. The number of nitrogens with one attached hydrogen (secondary N) is 1. The number of nitrogens with two attached hydrogens (primary N) is 1. The minimum absolute atomic E-state index is 0.131. The van der Waals surface area contributed by atoms with Crippen LogP contribution in [0.25, 0.3) is 0 Å². The van der Waals surface area contributed by atoms with E-state index in [1.807, 2.05) is 6.92 Å². The van der Waals surface area contributed by atoms with Crippen molar-refractivity contribution in [2.45, 2.75) is 44.6 Å². The molecule has 17 heavy (non-hydrogen) atoms. The van der Waals surface area contributed by atoms with Gasteiger partial charge >= 0.3 is 0 Å². The van der Waals surface area contributed by atoms with E-state index >= 15 is 0 Å². The molecule has 1 aromatic heterocycles. The van der Waals surface area contributed by atoms with Gasteiger partial charge in [0.05, 0.1) is 0 Å². The highest BCUT2D eigenvalue weighted by Crippen LogP contribution is 2.20. The normalized spacial score (nSPS) is 16.8. The first-order chi connectivity index (χ1) is 8.20. The van der Waals surface area contributed by atoms with Crippen LogP contribution < -0.4 is 11.1 Å². The molecule has 1 saturated carbocycles. The van der Waals surface area contributed by atoms with E-state index in [2.05, 4.69) is 15.5 Å². The molecule has 1 unspecified atom stereocenters. The summed E-state index contributed by atoms with van der Waals surface area (Å²) in [6.07, 6.45) is 3.89. The SMILES string of the molecule is CC(CCCN)c1nc(C(=O)NC2CC2)no1. The number of amides is 1. The van der Waals surface area contributed by atoms with E-state index in [0.717, 1.165) is 25.7 Å². The average Bonchev–Trinajstić information content (AvgIpc) is 2.99. The molecule has 3 N–H and O–H groups in total. The molecule has 1 aliphatic rings. The van der Waals surface area contributed by atoms with Crippen molar-refractivity contribution in [2.24, 2.45) is 5.73 Å². The van der Waals surface area contributed by atoms with E-state index in [0.29, 0.717) is 18.5 Å². The lowest BCUT2D eigenvalue weighted by molar-refractivity contribution is 0.0937. The van der Waals surface area contributed by atoms with E-state index in [4.69, 9.17) is 10.3 Å². The summed E-state index contributed by atoms with van der Waals surface area (Å²) in [4.78, 5) is 15.7. The van der Waals surface area contributed by atoms with Gasteiger partial charge < -0.3 is 15.6 Å². The smallest absolute Gasteiger partial charge is 0.292 e. The maximum absolute atomic E-state index is 11.6. The van der Waals surface area contributed by atoms with Crippen LogP contribution in [0.3, 0.4) is 0 Å². The van der Waals surface area contributed by atoms with Crippen LogP contribution in [-0.2, 0) is 0 Å². The quantitative estimate of drug-likeness (QED) is 0.764. The molecule has 0 saturated heterocycles. The van der Waals surface area contributed by atoms with E-state index in [9.17, 15) is 4.79 Å². The number of nitrogens with zero attached hydrogens (tertiary/aromatic N) is 2. The maximum Gasteiger partial charge on any atom is 0.292 e. The Bertz CT molecular complexity index is 387. The fourth-order valence-corrected chi connectivity index (χ4v) is 1.55. The van der Waals surface area contributed by atoms with Gasteiger partial charge in [-0.3, -0.25) is 4.79 Å². The Morgan fingerprint density at radius 3 is 3.06 bits per heavy atom. The monoisotopic (exact) mass is 238 g/mol. The predicted octanol–water partition coefficient (Wildman–Crippen LogP) is 0.804. The van der Waals surface area contributed by atoms with Crippen molar-refractivity contribution in [1.82, 2.24) is 15.5 Å². The summed E-state index contributed by atoms with van der Waals surface area (Å²) in [6.45, 7) is 2.64. The van der Waals surface area contributed by atoms with Crippen molar-refractivity contribution in [3.8, 4) is 0 Å². The Labute approximate surface area is 99.9 Å². The average molecular weight is 238 g/mol. The molecule has 1 aromatic rings. The van der Waals surface area contributed by atoms with Crippen molar-refractivity contribution < 1.29 is 9.32 Å². The van der Waals surface area contributed by atoms with Gasteiger partial charge in [0, 0.05) is 12.0 Å². The largest absolute Gasteiger partial charge is 0.346 e. The van der Waals surface area contributed by atoms with Gasteiger partial charge in [0.25, 0.3) is 11.7 Å². The number of carbonyl (C=O) groups excluding carboxylic acids is 1. The fourth-order valence-electron chi connectivity index (χ4n) is 1.55. The molecule has 1 aliphatic carbocycles. The van der Waals surface area contributed by atoms with Crippen LogP contribution in [0.1, 0.15) is 55.0 Å². The lowest BCUT2D eigenvalue weighted by Crippen LogP contribution is -2.26. The third-order valence-electron chi connectivity index (χ3n) is 2.82. The van der Waals surface area contributed by atoms with Gasteiger partial charge in [0.15, 0.2) is 0 Å². The molecule has 6 nitrogen and oxygen atoms in total. The molecule has 2 rings (SSSR count). The summed E-state index contributed by atoms with van der Waals surface area (Å²) in [5, 5.41) is 6.52. The number of rotatable bonds is 6. The summed E-state index contributed by atoms with van der Waals surface area (Å²) in [5.74, 6) is 0.549. The van der Waals surface area contributed by atoms with Crippen LogP contribution >= 0.6 is 0 Å². The molecule has 0 aliphatic heterocycles. The summed E-state index contributed by atoms with van der Waals surface area (Å²) in [6, 6.07) is 0.305. The number of hydrogen-bond donors (Lipinski definition) is 2. The fraction of sp³-hybridized carbons (Fsp3) is 0.727. The molecule has 6 heteroatoms. The minimum Gasteiger partial charge on any atom is -0.346 e. The number of carbonyl (C=O) groups is 1. The first kappa shape index (κ1) is 12.0. The van der Waals surface area contributed by atoms with Crippen LogP contribution in [0.2, 0.25) is 0 Å². The second-order valence-corrected chi connectivity index (χ2v) is 4.54. The van der Waals surface area contributed by atoms with Crippen molar-refractivity contribution >= 4 is 5.91 Å². The van der Waals surface area contributed by atoms with E-state index < -0.39 is 0 Å². The summed E-state index contributed by atoms with van der Waals surface area (Å²) in [5.41, 5.74) is 5.44. The molecule has 94 valence electrons. The van der Waals surface area contributed by atoms with Crippen LogP contribution in [0, 0.1) is 0 Å². The molecule has 1 fully saturated rings. The Balaban J connectivity index is 1.91. The van der Waals surface area contributed by atoms with Gasteiger partial charge in [0.1, 0.15) is 0 Å². The van der Waals surface area contributed by atoms with Crippen LogP contribution in [0.5, 0.6) is 0 Å². The van der Waals surface area contributed by atoms with Crippen molar-refractivity contribution in [2.75, 3.05) is 6.54 Å². The van der Waals surface area contributed by atoms with E-state index in [1.54, 1.807) is 0 Å². The number of hydrogen-bond acceptors (Lipinski definition) is 5. The van der Waals surface area contributed by atoms with Gasteiger partial charge in [0.2, 0.25) is 5.89 Å². The van der Waals surface area contributed by atoms with E-state index in [1.165, 1.54) is 0 Å². The third-order valence-corrected chi connectivity index (χ3v) is 2.82. The molecule has 1 atom stereocenters. The molecule has 0 aromatic carbocycles. The first-order valence-electron chi connectivity index (χ1n) is 6.05. The maximum atomic E-state index is 11.6. The first-order valence-corrected chi connectivity index (χ1v) is 6.05. The van der Waals surface area contributed by atoms with Gasteiger partial charge in [-0.1, -0.05) is 12.1 Å². The van der Waals surface area contributed by atoms with Gasteiger partial charge in [-0.25, -0.2) is 0 Å². The van der Waals surface area contributed by atoms with Crippen molar-refractivity contribution in [1.29, 1.82) is 0 Å². The van der Waals surface area contributed by atoms with Gasteiger partial charge in [-0.15, -0.1) is 0 Å². The molecular formula is C11H18N4O2. The van der Waals surface area contributed by atoms with Crippen LogP contribution in [-0.4, -0.2) is 28.6 Å². The second-order valence-electron chi connectivity index (χ2n) is 4.54. The Kier molecular flexibility index (Phi) is 3.73. The zero-order valence-electron chi connectivity index (χ0n) is 9.98. The minimum atomic E-state index is -0.242. The van der Waals surface area contributed by atoms with Crippen molar-refractivity contribution in [3.63, 3.8) is 0 Å². The predicted molar refractivity (Wildman–Crippen MR) is 61.5 cm³/mol. The third kappa shape index (κ3) is 3.26. The molecule has 0 radical (unpaired) electrons. The molecule has 1 amide bonds. The van der Waals surface area contributed by atoms with Crippen LogP contribution in [0.15, 0.2) is 4.52 Å². The Morgan fingerprint density at radius 1 is 1.65 bits per heavy atom. The van der Waals surface area contributed by atoms with Gasteiger partial charge in [-0.2, -0.15) is 4.98 Å². The lowest BCUT2D eigenvalue weighted by atomic mass is 10.1. The molecule has 1 heterocycles. The van der Waals surface area contributed by atoms with Gasteiger partial charge in [-0.05, 0) is 32.2 Å². The summed E-state index contributed by atoms with van der Waals surface area (Å²) in [7, 11) is 0. The Hall–Kier alpha value is -1.43. The molecular weight excluding hydrogens is 220 g/mol. The zero-order valence-corrected chi connectivity index (χ0v) is 9.98. The molecule has 0 bridgehead atoms. The molecule has 0 spiro atoms. The summed E-state index contributed by atoms with van der Waals surface area (Å²) >= 11 is 0. The summed E-state index contributed by atoms with van der Waals surface area (Å²) < 4.78 is 5.08.